The number of likely N-dealkylation sites (tertiary alicyclic amines) is 1. The highest BCUT2D eigenvalue weighted by atomic mass is 16.6. The van der Waals surface area contributed by atoms with Gasteiger partial charge < -0.3 is 24.5 Å². The van der Waals surface area contributed by atoms with Gasteiger partial charge in [0.15, 0.2) is 17.6 Å². The van der Waals surface area contributed by atoms with Crippen LogP contribution < -0.4 is 14.8 Å². The maximum atomic E-state index is 13.3. The van der Waals surface area contributed by atoms with Crippen molar-refractivity contribution in [1.29, 1.82) is 0 Å². The molecule has 8 nitrogen and oxygen atoms in total. The van der Waals surface area contributed by atoms with E-state index in [-0.39, 0.29) is 17.9 Å². The highest BCUT2D eigenvalue weighted by Gasteiger charge is 2.73. The van der Waals surface area contributed by atoms with Gasteiger partial charge in [-0.3, -0.25) is 14.5 Å². The Bertz CT molecular complexity index is 1910. The zero-order chi connectivity index (χ0) is 30.7. The van der Waals surface area contributed by atoms with Crippen LogP contribution in [0.25, 0.3) is 10.9 Å². The Morgan fingerprint density at radius 1 is 1.07 bits per heavy atom. The summed E-state index contributed by atoms with van der Waals surface area (Å²) >= 11 is 0. The fourth-order valence-corrected chi connectivity index (χ4v) is 9.28. The van der Waals surface area contributed by atoms with Gasteiger partial charge in [0.05, 0.1) is 16.7 Å². The van der Waals surface area contributed by atoms with E-state index >= 15 is 0 Å². The van der Waals surface area contributed by atoms with Gasteiger partial charge in [-0.1, -0.05) is 36.4 Å². The number of ether oxygens (including phenoxy) is 2. The van der Waals surface area contributed by atoms with Gasteiger partial charge in [0.25, 0.3) is 0 Å². The molecule has 1 amide bonds. The van der Waals surface area contributed by atoms with Crippen molar-refractivity contribution in [3.8, 4) is 11.5 Å². The molecule has 3 aliphatic carbocycles. The third kappa shape index (κ3) is 3.79. The Labute approximate surface area is 261 Å². The van der Waals surface area contributed by atoms with E-state index in [9.17, 15) is 14.7 Å². The van der Waals surface area contributed by atoms with Crippen molar-refractivity contribution in [1.82, 2.24) is 9.47 Å². The maximum absolute atomic E-state index is 13.3. The first-order valence-electron chi connectivity index (χ1n) is 16.2. The van der Waals surface area contributed by atoms with Gasteiger partial charge in [0, 0.05) is 61.6 Å². The first kappa shape index (κ1) is 27.2. The predicted octanol–water partition coefficient (Wildman–Crippen LogP) is 5.27. The molecule has 1 saturated carbocycles. The highest BCUT2D eigenvalue weighted by molar-refractivity contribution is 5.89. The molecule has 2 N–H and O–H groups in total. The Kier molecular flexibility index (Phi) is 5.70. The number of aliphatic hydroxyl groups is 1. The molecule has 9 rings (SSSR count). The Morgan fingerprint density at radius 3 is 2.62 bits per heavy atom. The minimum absolute atomic E-state index is 0.0208. The molecule has 2 bridgehead atoms. The van der Waals surface area contributed by atoms with Crippen LogP contribution in [-0.2, 0) is 34.4 Å². The number of rotatable bonds is 6. The number of piperidine rings is 1. The van der Waals surface area contributed by atoms with Crippen LogP contribution in [0.1, 0.15) is 67.2 Å². The lowest BCUT2D eigenvalue weighted by molar-refractivity contribution is -0.173. The summed E-state index contributed by atoms with van der Waals surface area (Å²) < 4.78 is 15.2. The van der Waals surface area contributed by atoms with Crippen molar-refractivity contribution >= 4 is 28.5 Å². The quantitative estimate of drug-likeness (QED) is 0.230. The fourth-order valence-electron chi connectivity index (χ4n) is 9.28. The summed E-state index contributed by atoms with van der Waals surface area (Å²) in [7, 11) is 0. The number of amides is 1. The van der Waals surface area contributed by atoms with Crippen LogP contribution in [0.3, 0.4) is 0 Å². The average Bonchev–Trinajstić information content (AvgIpc) is 3.68. The van der Waals surface area contributed by atoms with E-state index in [4.69, 9.17) is 9.47 Å². The molecule has 8 heteroatoms. The summed E-state index contributed by atoms with van der Waals surface area (Å²) in [6, 6.07) is 20.4. The van der Waals surface area contributed by atoms with Crippen molar-refractivity contribution in [2.45, 2.75) is 75.7 Å². The van der Waals surface area contributed by atoms with Gasteiger partial charge in [-0.15, -0.1) is 0 Å². The number of nitrogens with one attached hydrogen (secondary N) is 1. The molecule has 0 radical (unpaired) electrons. The van der Waals surface area contributed by atoms with Gasteiger partial charge in [-0.25, -0.2) is 0 Å². The van der Waals surface area contributed by atoms with Crippen molar-refractivity contribution < 1.29 is 24.2 Å². The number of carbonyl (C=O) groups is 2. The summed E-state index contributed by atoms with van der Waals surface area (Å²) in [5, 5.41) is 17.3. The van der Waals surface area contributed by atoms with Crippen molar-refractivity contribution in [3.63, 3.8) is 0 Å². The number of para-hydroxylation sites is 1. The normalized spacial score (nSPS) is 27.4. The molecule has 1 saturated heterocycles. The van der Waals surface area contributed by atoms with Gasteiger partial charge in [-0.05, 0) is 79.1 Å². The van der Waals surface area contributed by atoms with Gasteiger partial charge in [0.2, 0.25) is 5.91 Å². The van der Waals surface area contributed by atoms with Crippen molar-refractivity contribution in [2.24, 2.45) is 5.92 Å². The first-order valence-corrected chi connectivity index (χ1v) is 16.2. The van der Waals surface area contributed by atoms with Crippen LogP contribution >= 0.6 is 0 Å². The number of hydrogen-bond acceptors (Lipinski definition) is 6. The molecule has 4 aromatic rings. The highest BCUT2D eigenvalue weighted by Crippen LogP contribution is 2.69. The molecule has 5 aliphatic rings. The second-order valence-electron chi connectivity index (χ2n) is 13.8. The summed E-state index contributed by atoms with van der Waals surface area (Å²) in [6.07, 6.45) is 4.17. The molecule has 3 aromatic carbocycles. The molecule has 45 heavy (non-hydrogen) atoms. The van der Waals surface area contributed by atoms with Crippen LogP contribution in [0.4, 0.5) is 5.69 Å². The largest absolute Gasteiger partial charge is 0.479 e. The lowest BCUT2D eigenvalue weighted by Gasteiger charge is -2.63. The lowest BCUT2D eigenvalue weighted by Crippen LogP contribution is -2.74. The summed E-state index contributed by atoms with van der Waals surface area (Å²) in [6.45, 7) is 5.48. The number of fused-ring (bicyclic) bond motifs is 4. The molecule has 2 fully saturated rings. The summed E-state index contributed by atoms with van der Waals surface area (Å²) in [5.74, 6) is 1.29. The standard InChI is InChI=1S/C37H37N3O5/c1-21(41)38-26-12-9-24(10-13-26)20-40-29-6-4-3-5-27(29)28-18-37(43)31-17-25-11-14-30(44-22(2)42)34-32(25)36(37,35(45-34)33(28)40)15-16-39(31)19-23-7-8-23/h3-6,9-14,23,31,35,43H,7-8,15-20H2,1-2H3,(H,38,41)/t31-,35+,36+,37-/m1/s1. The second-order valence-corrected chi connectivity index (χ2v) is 13.8. The molecule has 1 aromatic heterocycles. The monoisotopic (exact) mass is 603 g/mol. The smallest absolute Gasteiger partial charge is 0.308 e. The minimum Gasteiger partial charge on any atom is -0.479 e. The number of hydrogen-bond donors (Lipinski definition) is 2. The van der Waals surface area contributed by atoms with E-state index in [2.05, 4.69) is 57.2 Å². The van der Waals surface area contributed by atoms with Crippen LogP contribution in [0.2, 0.25) is 0 Å². The summed E-state index contributed by atoms with van der Waals surface area (Å²) in [5.41, 5.74) is 5.74. The zero-order valence-corrected chi connectivity index (χ0v) is 25.6. The second kappa shape index (κ2) is 9.44. The molecule has 230 valence electrons. The molecular formula is C37H37N3O5. The first-order chi connectivity index (χ1) is 21.8. The number of aromatic nitrogens is 1. The van der Waals surface area contributed by atoms with Crippen molar-refractivity contribution in [2.75, 3.05) is 18.4 Å². The van der Waals surface area contributed by atoms with E-state index in [1.807, 2.05) is 18.2 Å². The van der Waals surface area contributed by atoms with Crippen LogP contribution in [0, 0.1) is 5.92 Å². The Balaban J connectivity index is 1.25. The molecular weight excluding hydrogens is 566 g/mol. The SMILES string of the molecule is CC(=O)Nc1ccc(Cn2c3c(c4ccccc42)C[C@@]2(O)[C@H]4Cc5ccc(OC(C)=O)c6c5[C@@]2(CCN4CC2CC2)[C@H]3O6)cc1. The van der Waals surface area contributed by atoms with Crippen LogP contribution in [-0.4, -0.2) is 51.2 Å². The van der Waals surface area contributed by atoms with Gasteiger partial charge in [-0.2, -0.15) is 0 Å². The number of benzene rings is 3. The Morgan fingerprint density at radius 2 is 1.87 bits per heavy atom. The fraction of sp³-hybridized carbons (Fsp3) is 0.405. The number of anilines is 1. The van der Waals surface area contributed by atoms with Crippen molar-refractivity contribution in [3.05, 3.63) is 88.6 Å². The summed E-state index contributed by atoms with van der Waals surface area (Å²) in [4.78, 5) is 26.4. The predicted molar refractivity (Wildman–Crippen MR) is 170 cm³/mol. The van der Waals surface area contributed by atoms with E-state index in [1.54, 1.807) is 0 Å². The van der Waals surface area contributed by atoms with E-state index < -0.39 is 17.1 Å². The van der Waals surface area contributed by atoms with Gasteiger partial charge >= 0.3 is 5.97 Å². The van der Waals surface area contributed by atoms with E-state index in [1.165, 1.54) is 32.3 Å². The molecule has 4 atom stereocenters. The maximum Gasteiger partial charge on any atom is 0.308 e. The minimum atomic E-state index is -1.04. The van der Waals surface area contributed by atoms with E-state index in [0.29, 0.717) is 24.5 Å². The molecule has 0 unspecified atom stereocenters. The third-order valence-electron chi connectivity index (χ3n) is 11.2. The van der Waals surface area contributed by atoms with Crippen LogP contribution in [0.15, 0.2) is 60.7 Å². The third-order valence-corrected chi connectivity index (χ3v) is 11.2. The van der Waals surface area contributed by atoms with Crippen LogP contribution in [0.5, 0.6) is 11.5 Å². The lowest BCUT2D eigenvalue weighted by atomic mass is 9.49. The molecule has 1 spiro atoms. The average molecular weight is 604 g/mol. The molecule has 2 aliphatic heterocycles. The van der Waals surface area contributed by atoms with E-state index in [0.717, 1.165) is 70.8 Å². The number of esters is 1. The number of nitrogens with zero attached hydrogens (tertiary/aromatic N) is 2. The number of carbonyl (C=O) groups excluding carboxylic acids is 2. The Hall–Kier alpha value is -4.14. The molecule has 3 heterocycles. The van der Waals surface area contributed by atoms with Gasteiger partial charge in [0.1, 0.15) is 0 Å². The zero-order valence-electron chi connectivity index (χ0n) is 25.6. The topological polar surface area (TPSA) is 93.0 Å².